The van der Waals surface area contributed by atoms with Crippen LogP contribution in [0, 0.1) is 0 Å². The van der Waals surface area contributed by atoms with Gasteiger partial charge in [-0.1, -0.05) is 20.8 Å². The third kappa shape index (κ3) is 2.96. The monoisotopic (exact) mass is 290 g/mol. The minimum atomic E-state index is 0.110. The molecule has 1 aliphatic heterocycles. The average molecular weight is 290 g/mol. The van der Waals surface area contributed by atoms with Crippen molar-refractivity contribution in [3.05, 3.63) is 23.2 Å². The molecule has 1 saturated heterocycles. The standard InChI is InChI=1S/C16H22N2OS/c1-16(2,3)15-18-13-7-6-12(9-14(13)20-15)19-10-11-5-4-8-17-11/h6-7,9,11,17H,4-5,8,10H2,1-3H3. The van der Waals surface area contributed by atoms with Crippen LogP contribution in [0.25, 0.3) is 10.2 Å². The van der Waals surface area contributed by atoms with Gasteiger partial charge >= 0.3 is 0 Å². The summed E-state index contributed by atoms with van der Waals surface area (Å²) in [6, 6.07) is 6.73. The zero-order chi connectivity index (χ0) is 14.2. The second kappa shape index (κ2) is 5.34. The molecule has 1 aliphatic rings. The maximum absolute atomic E-state index is 5.91. The maximum Gasteiger partial charge on any atom is 0.120 e. The van der Waals surface area contributed by atoms with Gasteiger partial charge in [0, 0.05) is 11.5 Å². The van der Waals surface area contributed by atoms with Gasteiger partial charge < -0.3 is 10.1 Å². The molecule has 1 aromatic heterocycles. The van der Waals surface area contributed by atoms with E-state index in [1.54, 1.807) is 11.3 Å². The lowest BCUT2D eigenvalue weighted by molar-refractivity contribution is 0.277. The number of hydrogen-bond donors (Lipinski definition) is 1. The van der Waals surface area contributed by atoms with E-state index in [0.717, 1.165) is 24.4 Å². The number of thiazole rings is 1. The lowest BCUT2D eigenvalue weighted by Gasteiger charge is -2.13. The van der Waals surface area contributed by atoms with Crippen LogP contribution in [0.2, 0.25) is 0 Å². The van der Waals surface area contributed by atoms with Crippen LogP contribution < -0.4 is 10.1 Å². The molecule has 2 heterocycles. The van der Waals surface area contributed by atoms with E-state index in [4.69, 9.17) is 9.72 Å². The van der Waals surface area contributed by atoms with Crippen molar-refractivity contribution in [2.24, 2.45) is 0 Å². The third-order valence-corrected chi connectivity index (χ3v) is 5.06. The Kier molecular flexibility index (Phi) is 3.69. The third-order valence-electron chi connectivity index (χ3n) is 3.62. The molecule has 1 fully saturated rings. The Labute approximate surface area is 124 Å². The molecule has 3 nitrogen and oxygen atoms in total. The Bertz CT molecular complexity index is 594. The summed E-state index contributed by atoms with van der Waals surface area (Å²) in [5.41, 5.74) is 1.18. The molecule has 4 heteroatoms. The number of hydrogen-bond acceptors (Lipinski definition) is 4. The molecular weight excluding hydrogens is 268 g/mol. The van der Waals surface area contributed by atoms with Gasteiger partial charge in [0.25, 0.3) is 0 Å². The van der Waals surface area contributed by atoms with Crippen molar-refractivity contribution in [2.45, 2.75) is 45.1 Å². The highest BCUT2D eigenvalue weighted by molar-refractivity contribution is 7.18. The SMILES string of the molecule is CC(C)(C)c1nc2ccc(OCC3CCCN3)cc2s1. The molecule has 1 unspecified atom stereocenters. The fraction of sp³-hybridized carbons (Fsp3) is 0.562. The molecule has 1 N–H and O–H groups in total. The number of ether oxygens (including phenoxy) is 1. The van der Waals surface area contributed by atoms with E-state index in [-0.39, 0.29) is 5.41 Å². The summed E-state index contributed by atoms with van der Waals surface area (Å²) in [7, 11) is 0. The molecule has 0 amide bonds. The van der Waals surface area contributed by atoms with Crippen molar-refractivity contribution in [2.75, 3.05) is 13.2 Å². The molecule has 3 rings (SSSR count). The average Bonchev–Trinajstić information content (AvgIpc) is 3.04. The van der Waals surface area contributed by atoms with Gasteiger partial charge in [0.15, 0.2) is 0 Å². The highest BCUT2D eigenvalue weighted by Crippen LogP contribution is 2.33. The van der Waals surface area contributed by atoms with Gasteiger partial charge in [-0.3, -0.25) is 0 Å². The molecule has 108 valence electrons. The first-order valence-electron chi connectivity index (χ1n) is 7.30. The molecule has 0 radical (unpaired) electrons. The first kappa shape index (κ1) is 13.8. The summed E-state index contributed by atoms with van der Waals surface area (Å²) in [6.07, 6.45) is 2.48. The molecule has 0 spiro atoms. The van der Waals surface area contributed by atoms with Crippen LogP contribution in [-0.4, -0.2) is 24.2 Å². The molecular formula is C16H22N2OS. The maximum atomic E-state index is 5.91. The van der Waals surface area contributed by atoms with E-state index in [2.05, 4.69) is 38.2 Å². The van der Waals surface area contributed by atoms with Gasteiger partial charge in [-0.2, -0.15) is 0 Å². The highest BCUT2D eigenvalue weighted by Gasteiger charge is 2.19. The second-order valence-electron chi connectivity index (χ2n) is 6.50. The number of fused-ring (bicyclic) bond motifs is 1. The van der Waals surface area contributed by atoms with Crippen molar-refractivity contribution in [3.8, 4) is 5.75 Å². The van der Waals surface area contributed by atoms with E-state index in [1.807, 2.05) is 6.07 Å². The second-order valence-corrected chi connectivity index (χ2v) is 7.53. The molecule has 0 aliphatic carbocycles. The topological polar surface area (TPSA) is 34.1 Å². The fourth-order valence-corrected chi connectivity index (χ4v) is 3.46. The largest absolute Gasteiger partial charge is 0.492 e. The fourth-order valence-electron chi connectivity index (χ4n) is 2.41. The van der Waals surface area contributed by atoms with Crippen molar-refractivity contribution in [1.82, 2.24) is 10.3 Å². The van der Waals surface area contributed by atoms with Gasteiger partial charge in [0.1, 0.15) is 12.4 Å². The summed E-state index contributed by atoms with van der Waals surface area (Å²) >= 11 is 1.77. The Hall–Kier alpha value is -1.13. The Morgan fingerprint density at radius 2 is 2.25 bits per heavy atom. The lowest BCUT2D eigenvalue weighted by atomic mass is 9.98. The Morgan fingerprint density at radius 1 is 1.40 bits per heavy atom. The molecule has 0 bridgehead atoms. The zero-order valence-corrected chi connectivity index (χ0v) is 13.2. The predicted octanol–water partition coefficient (Wildman–Crippen LogP) is 3.72. The van der Waals surface area contributed by atoms with E-state index < -0.39 is 0 Å². The Balaban J connectivity index is 1.76. The molecule has 0 saturated carbocycles. The van der Waals surface area contributed by atoms with E-state index in [1.165, 1.54) is 22.5 Å². The van der Waals surface area contributed by atoms with Gasteiger partial charge in [0.05, 0.1) is 15.2 Å². The Morgan fingerprint density at radius 3 is 2.95 bits per heavy atom. The van der Waals surface area contributed by atoms with Crippen LogP contribution in [0.4, 0.5) is 0 Å². The zero-order valence-electron chi connectivity index (χ0n) is 12.4. The first-order valence-corrected chi connectivity index (χ1v) is 8.11. The van der Waals surface area contributed by atoms with Crippen molar-refractivity contribution in [3.63, 3.8) is 0 Å². The summed E-state index contributed by atoms with van der Waals surface area (Å²) in [6.45, 7) is 8.49. The highest BCUT2D eigenvalue weighted by atomic mass is 32.1. The summed E-state index contributed by atoms with van der Waals surface area (Å²) in [5.74, 6) is 0.954. The van der Waals surface area contributed by atoms with Gasteiger partial charge in [-0.05, 0) is 37.6 Å². The minimum absolute atomic E-state index is 0.110. The van der Waals surface area contributed by atoms with Crippen LogP contribution in [0.3, 0.4) is 0 Å². The molecule has 1 atom stereocenters. The van der Waals surface area contributed by atoms with E-state index >= 15 is 0 Å². The summed E-state index contributed by atoms with van der Waals surface area (Å²) in [5, 5.41) is 4.64. The smallest absolute Gasteiger partial charge is 0.120 e. The van der Waals surface area contributed by atoms with Crippen LogP contribution in [0.15, 0.2) is 18.2 Å². The summed E-state index contributed by atoms with van der Waals surface area (Å²) in [4.78, 5) is 4.71. The number of aromatic nitrogens is 1. The van der Waals surface area contributed by atoms with Gasteiger partial charge in [-0.25, -0.2) is 4.98 Å². The van der Waals surface area contributed by atoms with E-state index in [9.17, 15) is 0 Å². The van der Waals surface area contributed by atoms with Crippen LogP contribution in [0.5, 0.6) is 5.75 Å². The molecule has 20 heavy (non-hydrogen) atoms. The van der Waals surface area contributed by atoms with Gasteiger partial charge in [0.2, 0.25) is 0 Å². The number of nitrogens with one attached hydrogen (secondary N) is 1. The predicted molar refractivity (Wildman–Crippen MR) is 84.8 cm³/mol. The van der Waals surface area contributed by atoms with Crippen LogP contribution in [-0.2, 0) is 5.41 Å². The van der Waals surface area contributed by atoms with Crippen molar-refractivity contribution >= 4 is 21.6 Å². The lowest BCUT2D eigenvalue weighted by Crippen LogP contribution is -2.28. The minimum Gasteiger partial charge on any atom is -0.492 e. The van der Waals surface area contributed by atoms with Crippen LogP contribution in [0.1, 0.15) is 38.6 Å². The normalized spacial score (nSPS) is 19.6. The number of rotatable bonds is 3. The number of benzene rings is 1. The molecule has 2 aromatic rings. The quantitative estimate of drug-likeness (QED) is 0.935. The molecule has 1 aromatic carbocycles. The summed E-state index contributed by atoms with van der Waals surface area (Å²) < 4.78 is 7.12. The van der Waals surface area contributed by atoms with Crippen LogP contribution >= 0.6 is 11.3 Å². The van der Waals surface area contributed by atoms with E-state index in [0.29, 0.717) is 6.04 Å². The first-order chi connectivity index (χ1) is 9.52. The van der Waals surface area contributed by atoms with Crippen molar-refractivity contribution < 1.29 is 4.74 Å². The van der Waals surface area contributed by atoms with Crippen molar-refractivity contribution in [1.29, 1.82) is 0 Å². The van der Waals surface area contributed by atoms with Gasteiger partial charge in [-0.15, -0.1) is 11.3 Å². The number of nitrogens with zero attached hydrogens (tertiary/aromatic N) is 1.